The van der Waals surface area contributed by atoms with Crippen molar-refractivity contribution in [2.24, 2.45) is 0 Å². The van der Waals surface area contributed by atoms with Gasteiger partial charge in [-0.25, -0.2) is 9.59 Å². The summed E-state index contributed by atoms with van der Waals surface area (Å²) in [5, 5.41) is 11.6. The summed E-state index contributed by atoms with van der Waals surface area (Å²) >= 11 is 1.54. The van der Waals surface area contributed by atoms with Crippen LogP contribution in [0.5, 0.6) is 0 Å². The normalized spacial score (nSPS) is 13.3. The minimum atomic E-state index is -0.822. The summed E-state index contributed by atoms with van der Waals surface area (Å²) in [6.45, 7) is 2.03. The fourth-order valence-corrected chi connectivity index (χ4v) is 3.31. The minimum Gasteiger partial charge on any atom is -0.465 e. The SMILES string of the molecule is CCCSc1ccc([N+](=O)[O-])c(N2C=CC=CC(C(=O)OC)=C2C(=O)OC)c1. The summed E-state index contributed by atoms with van der Waals surface area (Å²) in [6, 6.07) is 4.66. The average molecular weight is 404 g/mol. The summed E-state index contributed by atoms with van der Waals surface area (Å²) in [7, 11) is 2.36. The van der Waals surface area contributed by atoms with Gasteiger partial charge in [0, 0.05) is 17.2 Å². The van der Waals surface area contributed by atoms with Crippen LogP contribution in [-0.2, 0) is 19.1 Å². The van der Waals surface area contributed by atoms with Crippen LogP contribution in [0.3, 0.4) is 0 Å². The Hall–Kier alpha value is -3.07. The van der Waals surface area contributed by atoms with Crippen molar-refractivity contribution in [2.45, 2.75) is 18.2 Å². The van der Waals surface area contributed by atoms with Crippen LogP contribution in [0.25, 0.3) is 0 Å². The lowest BCUT2D eigenvalue weighted by atomic mass is 10.1. The Kier molecular flexibility index (Phi) is 7.39. The average Bonchev–Trinajstić information content (AvgIpc) is 2.93. The van der Waals surface area contributed by atoms with Crippen LogP contribution < -0.4 is 4.90 Å². The summed E-state index contributed by atoms with van der Waals surface area (Å²) in [5.74, 6) is -0.746. The van der Waals surface area contributed by atoms with Gasteiger partial charge in [-0.1, -0.05) is 13.0 Å². The first-order chi connectivity index (χ1) is 13.4. The van der Waals surface area contributed by atoms with E-state index in [2.05, 4.69) is 0 Å². The fraction of sp³-hybridized carbons (Fsp3) is 0.263. The number of methoxy groups -OCH3 is 2. The van der Waals surface area contributed by atoms with Crippen LogP contribution in [0.2, 0.25) is 0 Å². The van der Waals surface area contributed by atoms with Gasteiger partial charge in [-0.15, -0.1) is 11.8 Å². The zero-order chi connectivity index (χ0) is 20.7. The van der Waals surface area contributed by atoms with E-state index in [9.17, 15) is 19.7 Å². The number of anilines is 1. The third-order valence-electron chi connectivity index (χ3n) is 3.77. The molecule has 1 heterocycles. The van der Waals surface area contributed by atoms with Crippen molar-refractivity contribution in [1.82, 2.24) is 0 Å². The highest BCUT2D eigenvalue weighted by Gasteiger charge is 2.31. The number of nitrogens with zero attached hydrogens (tertiary/aromatic N) is 2. The van der Waals surface area contributed by atoms with Crippen molar-refractivity contribution in [2.75, 3.05) is 24.9 Å². The van der Waals surface area contributed by atoms with Gasteiger partial charge in [0.15, 0.2) is 0 Å². The molecule has 9 heteroatoms. The number of rotatable bonds is 7. The van der Waals surface area contributed by atoms with Gasteiger partial charge in [-0.2, -0.15) is 0 Å². The Labute approximate surface area is 166 Å². The number of hydrogen-bond donors (Lipinski definition) is 0. The van der Waals surface area contributed by atoms with E-state index in [1.807, 2.05) is 6.92 Å². The van der Waals surface area contributed by atoms with Crippen LogP contribution in [0.1, 0.15) is 13.3 Å². The fourth-order valence-electron chi connectivity index (χ4n) is 2.51. The van der Waals surface area contributed by atoms with Crippen molar-refractivity contribution >= 4 is 35.1 Å². The lowest BCUT2D eigenvalue weighted by Crippen LogP contribution is -2.27. The van der Waals surface area contributed by atoms with E-state index in [-0.39, 0.29) is 22.6 Å². The quantitative estimate of drug-likeness (QED) is 0.294. The van der Waals surface area contributed by atoms with Crippen molar-refractivity contribution in [3.05, 3.63) is 64.0 Å². The van der Waals surface area contributed by atoms with E-state index in [1.165, 1.54) is 55.3 Å². The Morgan fingerprint density at radius 2 is 1.89 bits per heavy atom. The highest BCUT2D eigenvalue weighted by molar-refractivity contribution is 7.99. The highest BCUT2D eigenvalue weighted by atomic mass is 32.2. The van der Waals surface area contributed by atoms with E-state index in [0.29, 0.717) is 0 Å². The first-order valence-electron chi connectivity index (χ1n) is 8.40. The van der Waals surface area contributed by atoms with E-state index in [1.54, 1.807) is 18.2 Å². The Balaban J connectivity index is 2.72. The Bertz CT molecular complexity index is 875. The maximum absolute atomic E-state index is 12.5. The molecular weight excluding hydrogens is 384 g/mol. The molecule has 0 N–H and O–H groups in total. The Morgan fingerprint density at radius 1 is 1.18 bits per heavy atom. The molecule has 148 valence electrons. The largest absolute Gasteiger partial charge is 0.465 e. The number of hydrogen-bond acceptors (Lipinski definition) is 8. The second-order valence-electron chi connectivity index (χ2n) is 5.57. The summed E-state index contributed by atoms with van der Waals surface area (Å²) < 4.78 is 9.59. The van der Waals surface area contributed by atoms with Crippen molar-refractivity contribution < 1.29 is 24.0 Å². The van der Waals surface area contributed by atoms with Crippen LogP contribution in [0.15, 0.2) is 58.8 Å². The first kappa shape index (κ1) is 21.2. The van der Waals surface area contributed by atoms with E-state index in [4.69, 9.17) is 9.47 Å². The van der Waals surface area contributed by atoms with Gasteiger partial charge in [0.05, 0.1) is 24.7 Å². The molecule has 1 aliphatic rings. The second-order valence-corrected chi connectivity index (χ2v) is 6.74. The third-order valence-corrected chi connectivity index (χ3v) is 4.96. The topological polar surface area (TPSA) is 99.0 Å². The molecule has 0 bridgehead atoms. The maximum Gasteiger partial charge on any atom is 0.355 e. The van der Waals surface area contributed by atoms with E-state index < -0.39 is 16.9 Å². The predicted octanol–water partition coefficient (Wildman–Crippen LogP) is 3.59. The molecule has 0 aliphatic carbocycles. The number of benzene rings is 1. The molecule has 0 atom stereocenters. The van der Waals surface area contributed by atoms with E-state index in [0.717, 1.165) is 17.1 Å². The van der Waals surface area contributed by atoms with Gasteiger partial charge >= 0.3 is 11.9 Å². The number of nitro benzene ring substituents is 1. The smallest absolute Gasteiger partial charge is 0.355 e. The van der Waals surface area contributed by atoms with Gasteiger partial charge in [-0.3, -0.25) is 10.1 Å². The monoisotopic (exact) mass is 404 g/mol. The molecule has 0 saturated carbocycles. The van der Waals surface area contributed by atoms with Crippen LogP contribution in [0.4, 0.5) is 11.4 Å². The standard InChI is InChI=1S/C19H20N2O6S/c1-4-11-28-13-8-9-15(21(24)25)16(12-13)20-10-6-5-7-14(18(22)26-2)17(20)19(23)27-3/h5-10,12H,4,11H2,1-3H3. The molecule has 2 rings (SSSR count). The zero-order valence-electron chi connectivity index (χ0n) is 15.7. The summed E-state index contributed by atoms with van der Waals surface area (Å²) in [6.07, 6.45) is 6.90. The van der Waals surface area contributed by atoms with Crippen LogP contribution in [0, 0.1) is 10.1 Å². The lowest BCUT2D eigenvalue weighted by Gasteiger charge is -2.23. The number of carbonyl (C=O) groups is 2. The predicted molar refractivity (Wildman–Crippen MR) is 106 cm³/mol. The van der Waals surface area contributed by atoms with Gasteiger partial charge < -0.3 is 14.4 Å². The van der Waals surface area contributed by atoms with Crippen LogP contribution >= 0.6 is 11.8 Å². The zero-order valence-corrected chi connectivity index (χ0v) is 16.5. The molecule has 28 heavy (non-hydrogen) atoms. The molecule has 0 saturated heterocycles. The summed E-state index contributed by atoms with van der Waals surface area (Å²) in [4.78, 5) is 37.9. The molecule has 8 nitrogen and oxygen atoms in total. The number of esters is 2. The molecular formula is C19H20N2O6S. The highest BCUT2D eigenvalue weighted by Crippen LogP contribution is 2.37. The number of carbonyl (C=O) groups excluding carboxylic acids is 2. The molecule has 1 aliphatic heterocycles. The molecule has 0 amide bonds. The molecule has 1 aromatic rings. The van der Waals surface area contributed by atoms with Gasteiger partial charge in [-0.05, 0) is 36.5 Å². The maximum atomic E-state index is 12.5. The van der Waals surface area contributed by atoms with Crippen LogP contribution in [-0.4, -0.2) is 36.8 Å². The van der Waals surface area contributed by atoms with Crippen molar-refractivity contribution in [3.8, 4) is 0 Å². The number of allylic oxidation sites excluding steroid dienone is 2. The molecule has 0 spiro atoms. The summed E-state index contributed by atoms with van der Waals surface area (Å²) in [5.41, 5.74) is -0.300. The van der Waals surface area contributed by atoms with Crippen molar-refractivity contribution in [3.63, 3.8) is 0 Å². The lowest BCUT2D eigenvalue weighted by molar-refractivity contribution is -0.384. The number of nitro groups is 1. The molecule has 0 fully saturated rings. The molecule has 0 unspecified atom stereocenters. The molecule has 0 aromatic heterocycles. The number of ether oxygens (including phenoxy) is 2. The van der Waals surface area contributed by atoms with Crippen molar-refractivity contribution in [1.29, 1.82) is 0 Å². The number of thioether (sulfide) groups is 1. The van der Waals surface area contributed by atoms with Gasteiger partial charge in [0.25, 0.3) is 5.69 Å². The minimum absolute atomic E-state index is 0.0692. The first-order valence-corrected chi connectivity index (χ1v) is 9.39. The third kappa shape index (κ3) is 4.61. The van der Waals surface area contributed by atoms with Gasteiger partial charge in [0.2, 0.25) is 0 Å². The molecule has 0 radical (unpaired) electrons. The van der Waals surface area contributed by atoms with E-state index >= 15 is 0 Å². The Morgan fingerprint density at radius 3 is 2.50 bits per heavy atom. The second kappa shape index (κ2) is 9.75. The molecule has 1 aromatic carbocycles. The van der Waals surface area contributed by atoms with Gasteiger partial charge in [0.1, 0.15) is 11.4 Å².